The molecule has 0 aromatic heterocycles. The average Bonchev–Trinajstić information content (AvgIpc) is 2.00. The number of ether oxygens (including phenoxy) is 1. The minimum atomic E-state index is 0.244. The fraction of sp³-hybridized carbons (Fsp3) is 0.600. The monoisotopic (exact) mass is 152 g/mol. The summed E-state index contributed by atoms with van der Waals surface area (Å²) in [7, 11) is 0. The zero-order valence-corrected chi connectivity index (χ0v) is 7.18. The molecule has 1 aliphatic rings. The molecule has 0 saturated carbocycles. The van der Waals surface area contributed by atoms with Gasteiger partial charge in [0.25, 0.3) is 0 Å². The number of unbranched alkanes of at least 4 members (excludes halogenated alkanes) is 1. The van der Waals surface area contributed by atoms with Gasteiger partial charge < -0.3 is 4.74 Å². The van der Waals surface area contributed by atoms with Crippen molar-refractivity contribution in [3.05, 3.63) is 25.0 Å². The van der Waals surface area contributed by atoms with Crippen LogP contribution in [-0.2, 0) is 4.74 Å². The first kappa shape index (κ1) is 8.38. The zero-order valence-electron chi connectivity index (χ0n) is 7.18. The van der Waals surface area contributed by atoms with E-state index in [4.69, 9.17) is 4.74 Å². The van der Waals surface area contributed by atoms with E-state index in [1.54, 1.807) is 0 Å². The van der Waals surface area contributed by atoms with Crippen molar-refractivity contribution in [2.24, 2.45) is 5.92 Å². The van der Waals surface area contributed by atoms with Gasteiger partial charge in [-0.15, -0.1) is 0 Å². The van der Waals surface area contributed by atoms with Gasteiger partial charge in [-0.05, 0) is 6.42 Å². The third-order valence-corrected chi connectivity index (χ3v) is 2.20. The van der Waals surface area contributed by atoms with Crippen molar-refractivity contribution in [3.8, 4) is 0 Å². The van der Waals surface area contributed by atoms with Crippen LogP contribution in [0, 0.1) is 5.92 Å². The van der Waals surface area contributed by atoms with Crippen LogP contribution in [0.25, 0.3) is 0 Å². The molecule has 0 bridgehead atoms. The van der Waals surface area contributed by atoms with Crippen molar-refractivity contribution >= 4 is 0 Å². The van der Waals surface area contributed by atoms with Crippen molar-refractivity contribution in [1.29, 1.82) is 0 Å². The molecule has 1 saturated heterocycles. The molecule has 0 radical (unpaired) electrons. The van der Waals surface area contributed by atoms with E-state index in [2.05, 4.69) is 20.1 Å². The maximum absolute atomic E-state index is 5.29. The predicted octanol–water partition coefficient (Wildman–Crippen LogP) is 2.89. The van der Waals surface area contributed by atoms with Crippen LogP contribution >= 0.6 is 0 Å². The van der Waals surface area contributed by atoms with Gasteiger partial charge in [0.1, 0.15) is 6.10 Å². The summed E-state index contributed by atoms with van der Waals surface area (Å²) in [6, 6.07) is 0. The Hall–Kier alpha value is -0.720. The lowest BCUT2D eigenvalue weighted by atomic mass is 9.89. The Kier molecular flexibility index (Phi) is 2.75. The molecule has 0 aromatic carbocycles. The second kappa shape index (κ2) is 3.61. The molecule has 1 heterocycles. The first-order valence-electron chi connectivity index (χ1n) is 4.27. The fourth-order valence-electron chi connectivity index (χ4n) is 1.42. The lowest BCUT2D eigenvalue weighted by Gasteiger charge is -2.37. The summed E-state index contributed by atoms with van der Waals surface area (Å²) in [6.07, 6.45) is 5.82. The summed E-state index contributed by atoms with van der Waals surface area (Å²) in [6.45, 7) is 9.73. The summed E-state index contributed by atoms with van der Waals surface area (Å²) in [5.41, 5.74) is 0. The minimum Gasteiger partial charge on any atom is -0.490 e. The van der Waals surface area contributed by atoms with E-state index in [0.717, 1.165) is 5.76 Å². The topological polar surface area (TPSA) is 9.23 Å². The van der Waals surface area contributed by atoms with Crippen molar-refractivity contribution < 1.29 is 4.74 Å². The molecule has 1 heteroatoms. The van der Waals surface area contributed by atoms with Crippen molar-refractivity contribution in [1.82, 2.24) is 0 Å². The van der Waals surface area contributed by atoms with Gasteiger partial charge >= 0.3 is 0 Å². The van der Waals surface area contributed by atoms with Gasteiger partial charge in [0.05, 0.1) is 11.7 Å². The molecule has 1 fully saturated rings. The van der Waals surface area contributed by atoms with E-state index < -0.39 is 0 Å². The van der Waals surface area contributed by atoms with Crippen LogP contribution in [0.2, 0.25) is 0 Å². The molecule has 1 nitrogen and oxygen atoms in total. The quantitative estimate of drug-likeness (QED) is 0.563. The summed E-state index contributed by atoms with van der Waals surface area (Å²) >= 11 is 0. The molecule has 2 atom stereocenters. The molecule has 11 heavy (non-hydrogen) atoms. The smallest absolute Gasteiger partial charge is 0.126 e. The lowest BCUT2D eigenvalue weighted by molar-refractivity contribution is -0.0132. The molecule has 0 spiro atoms. The molecule has 1 rings (SSSR count). The van der Waals surface area contributed by atoms with E-state index >= 15 is 0 Å². The van der Waals surface area contributed by atoms with Gasteiger partial charge in [0.15, 0.2) is 0 Å². The van der Waals surface area contributed by atoms with Crippen molar-refractivity contribution in [3.63, 3.8) is 0 Å². The number of hydrogen-bond acceptors (Lipinski definition) is 1. The summed E-state index contributed by atoms with van der Waals surface area (Å²) in [5.74, 6) is 1.50. The van der Waals surface area contributed by atoms with Crippen LogP contribution in [0.5, 0.6) is 0 Å². The Labute approximate surface area is 68.8 Å². The van der Waals surface area contributed by atoms with Gasteiger partial charge in [0.2, 0.25) is 0 Å². The SMILES string of the molecule is C=C[C@@H]1OC(=C)[C@@H]1CCCC. The summed E-state index contributed by atoms with van der Waals surface area (Å²) < 4.78 is 5.29. The van der Waals surface area contributed by atoms with Gasteiger partial charge in [-0.2, -0.15) is 0 Å². The van der Waals surface area contributed by atoms with E-state index in [1.807, 2.05) is 6.08 Å². The highest BCUT2D eigenvalue weighted by molar-refractivity contribution is 5.10. The molecule has 0 N–H and O–H groups in total. The molecular weight excluding hydrogens is 136 g/mol. The summed E-state index contributed by atoms with van der Waals surface area (Å²) in [5, 5.41) is 0. The van der Waals surface area contributed by atoms with E-state index in [0.29, 0.717) is 5.92 Å². The largest absolute Gasteiger partial charge is 0.490 e. The average molecular weight is 152 g/mol. The van der Waals surface area contributed by atoms with Crippen LogP contribution in [0.15, 0.2) is 25.0 Å². The van der Waals surface area contributed by atoms with E-state index in [-0.39, 0.29) is 6.10 Å². The van der Waals surface area contributed by atoms with Crippen LogP contribution in [0.1, 0.15) is 26.2 Å². The molecular formula is C10H16O. The minimum absolute atomic E-state index is 0.244. The zero-order chi connectivity index (χ0) is 8.27. The van der Waals surface area contributed by atoms with E-state index in [1.165, 1.54) is 19.3 Å². The maximum atomic E-state index is 5.29. The van der Waals surface area contributed by atoms with Gasteiger partial charge in [-0.3, -0.25) is 0 Å². The van der Waals surface area contributed by atoms with Gasteiger partial charge in [-0.1, -0.05) is 39.0 Å². The van der Waals surface area contributed by atoms with Gasteiger partial charge in [-0.25, -0.2) is 0 Å². The Morgan fingerprint density at radius 1 is 1.64 bits per heavy atom. The predicted molar refractivity (Wildman–Crippen MR) is 47.2 cm³/mol. The normalized spacial score (nSPS) is 29.0. The number of hydrogen-bond donors (Lipinski definition) is 0. The molecule has 0 aliphatic carbocycles. The first-order valence-corrected chi connectivity index (χ1v) is 4.27. The highest BCUT2D eigenvalue weighted by atomic mass is 16.5. The second-order valence-electron chi connectivity index (χ2n) is 3.03. The Morgan fingerprint density at radius 3 is 2.82 bits per heavy atom. The molecule has 62 valence electrons. The third kappa shape index (κ3) is 1.65. The molecule has 0 unspecified atom stereocenters. The number of rotatable bonds is 4. The Bertz CT molecular complexity index is 160. The van der Waals surface area contributed by atoms with Crippen molar-refractivity contribution in [2.45, 2.75) is 32.3 Å². The Balaban J connectivity index is 2.30. The van der Waals surface area contributed by atoms with Crippen LogP contribution in [0.4, 0.5) is 0 Å². The maximum Gasteiger partial charge on any atom is 0.126 e. The first-order chi connectivity index (χ1) is 5.29. The molecule has 0 amide bonds. The fourth-order valence-corrected chi connectivity index (χ4v) is 1.42. The van der Waals surface area contributed by atoms with Crippen LogP contribution in [-0.4, -0.2) is 6.10 Å². The van der Waals surface area contributed by atoms with Crippen molar-refractivity contribution in [2.75, 3.05) is 0 Å². The van der Waals surface area contributed by atoms with E-state index in [9.17, 15) is 0 Å². The molecule has 1 aliphatic heterocycles. The standard InChI is InChI=1S/C10H16O/c1-4-6-7-9-8(3)11-10(9)5-2/h5,9-10H,2-4,6-7H2,1H3/t9-,10-/m0/s1. The van der Waals surface area contributed by atoms with Gasteiger partial charge in [0, 0.05) is 0 Å². The lowest BCUT2D eigenvalue weighted by Crippen LogP contribution is -2.35. The Morgan fingerprint density at radius 2 is 2.36 bits per heavy atom. The third-order valence-electron chi connectivity index (χ3n) is 2.20. The van der Waals surface area contributed by atoms with Crippen LogP contribution in [0.3, 0.4) is 0 Å². The highest BCUT2D eigenvalue weighted by Crippen LogP contribution is 2.35. The second-order valence-corrected chi connectivity index (χ2v) is 3.03. The molecule has 0 aromatic rings. The summed E-state index contributed by atoms with van der Waals surface area (Å²) in [4.78, 5) is 0. The highest BCUT2D eigenvalue weighted by Gasteiger charge is 2.33. The van der Waals surface area contributed by atoms with Crippen LogP contribution < -0.4 is 0 Å².